The Hall–Kier alpha value is -8.25. The van der Waals surface area contributed by atoms with Gasteiger partial charge in [-0.2, -0.15) is 0 Å². The van der Waals surface area contributed by atoms with Crippen LogP contribution in [0.25, 0.3) is 11.1 Å². The van der Waals surface area contributed by atoms with Crippen LogP contribution in [-0.2, 0) is 73.3 Å². The number of Topliss-reactive ketones (excluding diaryl/α,β-unsaturated/α-hetero) is 2. The van der Waals surface area contributed by atoms with Crippen LogP contribution < -0.4 is 15.4 Å². The third-order valence-electron chi connectivity index (χ3n) is 20.8. The summed E-state index contributed by atoms with van der Waals surface area (Å²) in [4.78, 5) is 130. The van der Waals surface area contributed by atoms with Crippen molar-refractivity contribution in [3.63, 3.8) is 0 Å². The number of hydrogen-bond donors (Lipinski definition) is 3. The molecule has 0 spiro atoms. The number of aliphatic hydroxyl groups excluding tert-OH is 1. The molecule has 2 aliphatic heterocycles. The van der Waals surface area contributed by atoms with E-state index in [1.165, 1.54) is 45.2 Å². The number of nitrogens with zero attached hydrogens (tertiary/aromatic N) is 3. The minimum Gasteiger partial charge on any atom is -0.467 e. The number of carbonyl (C=O) groups is 9. The number of alkyl carbamates (subject to hydrolysis) is 1. The van der Waals surface area contributed by atoms with Crippen LogP contribution in [0.1, 0.15) is 155 Å². The lowest BCUT2D eigenvalue weighted by Crippen LogP contribution is -2.55. The maximum atomic E-state index is 15.0. The summed E-state index contributed by atoms with van der Waals surface area (Å²) in [5.74, 6) is -6.73. The van der Waals surface area contributed by atoms with Crippen molar-refractivity contribution in [2.45, 2.75) is 189 Å². The van der Waals surface area contributed by atoms with Crippen LogP contribution in [0.4, 0.5) is 15.3 Å². The summed E-state index contributed by atoms with van der Waals surface area (Å²) in [6.45, 7) is 19.7. The molecule has 552 valence electrons. The van der Waals surface area contributed by atoms with Crippen molar-refractivity contribution in [3.8, 4) is 16.9 Å². The monoisotopic (exact) mass is 1400 g/mol. The van der Waals surface area contributed by atoms with E-state index in [-0.39, 0.29) is 104 Å². The normalized spacial score (nSPS) is 20.7. The second-order valence-electron chi connectivity index (χ2n) is 28.2. The summed E-state index contributed by atoms with van der Waals surface area (Å²) in [5.41, 5.74) is 5.38. The van der Waals surface area contributed by atoms with Gasteiger partial charge in [-0.1, -0.05) is 161 Å². The molecule has 15 atom stereocenters. The number of rotatable bonds is 34. The molecule has 3 aliphatic rings. The summed E-state index contributed by atoms with van der Waals surface area (Å²) >= 11 is 0. The van der Waals surface area contributed by atoms with Crippen molar-refractivity contribution in [2.75, 3.05) is 60.4 Å². The third-order valence-corrected chi connectivity index (χ3v) is 20.8. The first-order valence-electron chi connectivity index (χ1n) is 35.5. The van der Waals surface area contributed by atoms with Gasteiger partial charge in [0, 0.05) is 91.3 Å². The van der Waals surface area contributed by atoms with Crippen molar-refractivity contribution in [1.82, 2.24) is 20.0 Å². The molecule has 5 amide bonds. The highest BCUT2D eigenvalue weighted by Crippen LogP contribution is 2.45. The van der Waals surface area contributed by atoms with Gasteiger partial charge in [0.2, 0.25) is 24.0 Å². The molecule has 23 heteroatoms. The van der Waals surface area contributed by atoms with Crippen molar-refractivity contribution in [2.24, 2.45) is 47.3 Å². The standard InChI is InChI=1S/C78H107N5O18/c1-17-46(6)69(65(94-14)41-67(88)83-37-25-32-61(83)71(95-15)50(10)62(85)38-47(7)70(89)53-26-19-18-20-27-53)81(12)74(90)58(44(2)3)40-63(86)68(45(4)5)82(13)78(93)98-42-52-33-34-64(100-76-73(99-51(11)84)49(9)48(8)72(101-76)75(91)96-16)60(39-52)80-66(87)35-36-79-77(92)97-43-59-56-30-23-21-28-54(56)55-29-22-24-31-57(55)59/h18-24,26-31,33-34,39,44-50,58-59,61,65,68-73,76,89H,17,25,32,35-38,40-43H2,1-16H3,(H,79,92)(H,80,87)/t46?,47?,48-,49-,50?,58?,61?,65?,68?,69?,70?,71?,72-,73+,76-/m0/s1. The first-order valence-corrected chi connectivity index (χ1v) is 35.5. The van der Waals surface area contributed by atoms with E-state index in [0.29, 0.717) is 31.4 Å². The van der Waals surface area contributed by atoms with Gasteiger partial charge in [0.05, 0.1) is 55.7 Å². The second kappa shape index (κ2) is 37.1. The average molecular weight is 1400 g/mol. The number of fused-ring (bicyclic) bond motifs is 3. The van der Waals surface area contributed by atoms with Crippen molar-refractivity contribution in [1.29, 1.82) is 0 Å². The minimum atomic E-state index is -1.38. The van der Waals surface area contributed by atoms with Gasteiger partial charge in [0.1, 0.15) is 24.7 Å². The Balaban J connectivity index is 1.02. The third kappa shape index (κ3) is 19.9. The Labute approximate surface area is 595 Å². The number of carbonyl (C=O) groups excluding carboxylic acids is 9. The quantitative estimate of drug-likeness (QED) is 0.0289. The predicted octanol–water partition coefficient (Wildman–Crippen LogP) is 11.1. The largest absolute Gasteiger partial charge is 0.467 e. The van der Waals surface area contributed by atoms with Gasteiger partial charge in [-0.3, -0.25) is 28.8 Å². The van der Waals surface area contributed by atoms with E-state index < -0.39 is 115 Å². The van der Waals surface area contributed by atoms with Gasteiger partial charge in [-0.05, 0) is 87.9 Å². The van der Waals surface area contributed by atoms with Gasteiger partial charge in [-0.15, -0.1) is 0 Å². The van der Waals surface area contributed by atoms with E-state index in [1.54, 1.807) is 57.7 Å². The Morgan fingerprint density at radius 2 is 1.38 bits per heavy atom. The van der Waals surface area contributed by atoms with E-state index in [0.717, 1.165) is 27.8 Å². The fourth-order valence-corrected chi connectivity index (χ4v) is 14.7. The summed E-state index contributed by atoms with van der Waals surface area (Å²) in [7, 11) is 7.41. The molecule has 4 aromatic rings. The van der Waals surface area contributed by atoms with Crippen LogP contribution in [0.5, 0.6) is 5.75 Å². The highest BCUT2D eigenvalue weighted by atomic mass is 16.7. The van der Waals surface area contributed by atoms with Crippen LogP contribution in [0.15, 0.2) is 97.1 Å². The number of aliphatic hydroxyl groups is 1. The van der Waals surface area contributed by atoms with Crippen LogP contribution in [0.2, 0.25) is 0 Å². The number of anilines is 1. The number of amides is 5. The molecule has 0 bridgehead atoms. The van der Waals surface area contributed by atoms with E-state index in [4.69, 9.17) is 37.9 Å². The van der Waals surface area contributed by atoms with Crippen LogP contribution in [0, 0.1) is 47.3 Å². The first-order chi connectivity index (χ1) is 48.1. The minimum absolute atomic E-state index is 0.0190. The Kier molecular flexibility index (Phi) is 29.4. The topological polar surface area (TPSA) is 281 Å². The molecule has 1 aliphatic carbocycles. The number of benzene rings is 4. The highest BCUT2D eigenvalue weighted by molar-refractivity contribution is 5.93. The number of nitrogens with one attached hydrogen (secondary N) is 2. The molecule has 10 unspecified atom stereocenters. The summed E-state index contributed by atoms with van der Waals surface area (Å²) in [6, 6.07) is 27.6. The summed E-state index contributed by atoms with van der Waals surface area (Å²) in [5, 5.41) is 16.6. The number of esters is 2. The summed E-state index contributed by atoms with van der Waals surface area (Å²) < 4.78 is 47.1. The van der Waals surface area contributed by atoms with Crippen LogP contribution >= 0.6 is 0 Å². The molecule has 3 N–H and O–H groups in total. The molecule has 7 rings (SSSR count). The molecule has 0 saturated carbocycles. The van der Waals surface area contributed by atoms with E-state index in [1.807, 2.05) is 120 Å². The van der Waals surface area contributed by atoms with E-state index in [2.05, 4.69) is 10.6 Å². The molecule has 101 heavy (non-hydrogen) atoms. The SMILES string of the molecule is CCC(C)C(C(CC(=O)N1CCCC1C(OC)C(C)C(=O)CC(C)C(O)c1ccccc1)OC)N(C)C(=O)C(CC(=O)C(C(C)C)N(C)C(=O)OCc1ccc(O[C@H]2O[C@H](C(=O)OC)[C@@H](C)[C@H](C)[C@H]2OC(C)=O)c(NC(=O)CCNC(=O)OCC2c3ccccc3-c3ccccc32)c1)C(C)C. The highest BCUT2D eigenvalue weighted by Gasteiger charge is 2.49. The zero-order valence-corrected chi connectivity index (χ0v) is 61.6. The number of likely N-dealkylation sites (N-methyl/N-ethyl adjacent to an activating group) is 2. The lowest BCUT2D eigenvalue weighted by molar-refractivity contribution is -0.248. The fraction of sp³-hybridized carbons (Fsp3) is 0.577. The number of likely N-dealkylation sites (tertiary alicyclic amines) is 1. The molecule has 2 heterocycles. The fourth-order valence-electron chi connectivity index (χ4n) is 14.7. The average Bonchev–Trinajstić information content (AvgIpc) is 1.67. The van der Waals surface area contributed by atoms with Crippen molar-refractivity contribution < 1.29 is 86.2 Å². The Morgan fingerprint density at radius 3 is 1.97 bits per heavy atom. The number of ether oxygens (including phenoxy) is 8. The van der Waals surface area contributed by atoms with Gasteiger partial charge >= 0.3 is 24.1 Å². The maximum Gasteiger partial charge on any atom is 0.410 e. The van der Waals surface area contributed by atoms with Gasteiger partial charge < -0.3 is 68.3 Å². The molecule has 2 fully saturated rings. The molecule has 4 aromatic carbocycles. The maximum absolute atomic E-state index is 15.0. The van der Waals surface area contributed by atoms with Crippen molar-refractivity contribution >= 4 is 59.1 Å². The van der Waals surface area contributed by atoms with Gasteiger partial charge in [0.15, 0.2) is 18.0 Å². The van der Waals surface area contributed by atoms with Gasteiger partial charge in [-0.25, -0.2) is 14.4 Å². The van der Waals surface area contributed by atoms with Gasteiger partial charge in [0.25, 0.3) is 0 Å². The molecular weight excluding hydrogens is 1290 g/mol. The van der Waals surface area contributed by atoms with E-state index in [9.17, 15) is 43.5 Å². The van der Waals surface area contributed by atoms with E-state index >= 15 is 4.79 Å². The first kappa shape index (κ1) is 80.1. The zero-order valence-electron chi connectivity index (χ0n) is 61.6. The second-order valence-corrected chi connectivity index (χ2v) is 28.2. The lowest BCUT2D eigenvalue weighted by Gasteiger charge is -2.42. The molecular formula is C78H107N5O18. The Morgan fingerprint density at radius 1 is 0.733 bits per heavy atom. The number of methoxy groups -OCH3 is 3. The van der Waals surface area contributed by atoms with Crippen LogP contribution in [0.3, 0.4) is 0 Å². The molecule has 0 aromatic heterocycles. The van der Waals surface area contributed by atoms with Crippen molar-refractivity contribution in [3.05, 3.63) is 119 Å². The zero-order chi connectivity index (χ0) is 74.1. The molecule has 23 nitrogen and oxygen atoms in total. The number of ketones is 2. The molecule has 2 saturated heterocycles. The number of hydrogen-bond acceptors (Lipinski definition) is 18. The summed E-state index contributed by atoms with van der Waals surface area (Å²) in [6.07, 6.45) is -5.77. The molecule has 0 radical (unpaired) electrons. The smallest absolute Gasteiger partial charge is 0.410 e. The Bertz CT molecular complexity index is 3450. The lowest BCUT2D eigenvalue weighted by atomic mass is 9.83. The van der Waals surface area contributed by atoms with Crippen LogP contribution in [-0.4, -0.2) is 177 Å². The predicted molar refractivity (Wildman–Crippen MR) is 379 cm³/mol.